The summed E-state index contributed by atoms with van der Waals surface area (Å²) in [5.41, 5.74) is 1.28. The quantitative estimate of drug-likeness (QED) is 0.438. The number of benzene rings is 2. The van der Waals surface area contributed by atoms with E-state index >= 15 is 0 Å². The lowest BCUT2D eigenvalue weighted by molar-refractivity contribution is -0.143. The standard InChI is InChI=1S/C30H40F2N2O3/c1-2-7-28(29(35)36)34-20-24(25(21-34)23-9-4-3-5-10-23)19-33-16-14-30(37,15-17-33)13-6-8-22-11-12-26(31)27(32)18-22/h3-5,9-12,18,24-25,28,37H,2,6-8,13-17,19-21H2,1H3,(H,35,36)/t24-,25+,28?/m0/s1. The van der Waals surface area contributed by atoms with Gasteiger partial charge in [-0.2, -0.15) is 0 Å². The Hall–Kier alpha value is -2.35. The Kier molecular flexibility index (Phi) is 9.32. The molecular weight excluding hydrogens is 474 g/mol. The fraction of sp³-hybridized carbons (Fsp3) is 0.567. The number of aliphatic hydroxyl groups is 1. The SMILES string of the molecule is CCCC(C(=O)O)N1C[C@H](CN2CCC(O)(CCCc3ccc(F)c(F)c3)CC2)[C@@H](c2ccccc2)C1. The van der Waals surface area contributed by atoms with Gasteiger partial charge in [0.15, 0.2) is 11.6 Å². The van der Waals surface area contributed by atoms with Gasteiger partial charge in [0.1, 0.15) is 6.04 Å². The molecule has 2 aliphatic heterocycles. The molecular formula is C30H40F2N2O3. The van der Waals surface area contributed by atoms with Crippen molar-refractivity contribution in [3.63, 3.8) is 0 Å². The van der Waals surface area contributed by atoms with Gasteiger partial charge in [-0.25, -0.2) is 8.78 Å². The van der Waals surface area contributed by atoms with Crippen LogP contribution in [-0.4, -0.2) is 70.3 Å². The van der Waals surface area contributed by atoms with Crippen LogP contribution in [0.25, 0.3) is 0 Å². The van der Waals surface area contributed by atoms with Crippen molar-refractivity contribution in [2.24, 2.45) is 5.92 Å². The van der Waals surface area contributed by atoms with E-state index < -0.39 is 29.2 Å². The summed E-state index contributed by atoms with van der Waals surface area (Å²) in [5, 5.41) is 21.0. The maximum Gasteiger partial charge on any atom is 0.320 e. The largest absolute Gasteiger partial charge is 0.480 e. The lowest BCUT2D eigenvalue weighted by Crippen LogP contribution is -2.46. The van der Waals surface area contributed by atoms with Gasteiger partial charge in [-0.15, -0.1) is 0 Å². The van der Waals surface area contributed by atoms with E-state index in [1.54, 1.807) is 6.07 Å². The number of hydrogen-bond acceptors (Lipinski definition) is 4. The first-order chi connectivity index (χ1) is 17.8. The fourth-order valence-corrected chi connectivity index (χ4v) is 6.21. The second kappa shape index (κ2) is 12.5. The smallest absolute Gasteiger partial charge is 0.320 e. The van der Waals surface area contributed by atoms with E-state index in [-0.39, 0.29) is 5.92 Å². The number of likely N-dealkylation sites (tertiary alicyclic amines) is 2. The molecule has 2 aliphatic rings. The molecule has 202 valence electrons. The van der Waals surface area contributed by atoms with E-state index in [0.29, 0.717) is 38.0 Å². The minimum Gasteiger partial charge on any atom is -0.480 e. The van der Waals surface area contributed by atoms with Gasteiger partial charge in [-0.05, 0) is 67.7 Å². The molecule has 0 spiro atoms. The molecule has 37 heavy (non-hydrogen) atoms. The molecule has 2 aromatic rings. The molecule has 5 nitrogen and oxygen atoms in total. The van der Waals surface area contributed by atoms with Crippen LogP contribution in [0, 0.1) is 17.6 Å². The number of piperidine rings is 1. The number of rotatable bonds is 11. The van der Waals surface area contributed by atoms with Gasteiger partial charge in [-0.3, -0.25) is 9.69 Å². The summed E-state index contributed by atoms with van der Waals surface area (Å²) in [6.45, 7) is 6.05. The van der Waals surface area contributed by atoms with Crippen LogP contribution in [0.5, 0.6) is 0 Å². The number of hydrogen-bond donors (Lipinski definition) is 2. The maximum atomic E-state index is 13.5. The third-order valence-corrected chi connectivity index (χ3v) is 8.36. The summed E-state index contributed by atoms with van der Waals surface area (Å²) < 4.78 is 26.6. The average molecular weight is 515 g/mol. The summed E-state index contributed by atoms with van der Waals surface area (Å²) in [5.74, 6) is -1.77. The lowest BCUT2D eigenvalue weighted by Gasteiger charge is -2.40. The molecule has 4 rings (SSSR count). The maximum absolute atomic E-state index is 13.5. The summed E-state index contributed by atoms with van der Waals surface area (Å²) in [6, 6.07) is 14.0. The number of halogens is 2. The highest BCUT2D eigenvalue weighted by Gasteiger charge is 2.41. The van der Waals surface area contributed by atoms with Gasteiger partial charge in [-0.1, -0.05) is 49.7 Å². The molecule has 0 aromatic heterocycles. The number of aryl methyl sites for hydroxylation is 1. The number of carboxylic acid groups (broad SMARTS) is 1. The van der Waals surface area contributed by atoms with Gasteiger partial charge in [0.05, 0.1) is 5.60 Å². The van der Waals surface area contributed by atoms with E-state index in [0.717, 1.165) is 57.2 Å². The highest BCUT2D eigenvalue weighted by atomic mass is 19.2. The van der Waals surface area contributed by atoms with E-state index in [1.165, 1.54) is 11.6 Å². The molecule has 0 aliphatic carbocycles. The molecule has 2 saturated heterocycles. The summed E-state index contributed by atoms with van der Waals surface area (Å²) in [7, 11) is 0. The molecule has 0 amide bonds. The number of aliphatic carboxylic acids is 1. The zero-order valence-corrected chi connectivity index (χ0v) is 21.8. The highest BCUT2D eigenvalue weighted by Crippen LogP contribution is 2.36. The second-order valence-electron chi connectivity index (χ2n) is 11.0. The van der Waals surface area contributed by atoms with Crippen molar-refractivity contribution in [3.8, 4) is 0 Å². The Bertz CT molecular complexity index is 1030. The third kappa shape index (κ3) is 7.15. The Morgan fingerprint density at radius 3 is 2.46 bits per heavy atom. The summed E-state index contributed by atoms with van der Waals surface area (Å²) >= 11 is 0. The van der Waals surface area contributed by atoms with Gasteiger partial charge in [0.2, 0.25) is 0 Å². The van der Waals surface area contributed by atoms with Crippen LogP contribution >= 0.6 is 0 Å². The van der Waals surface area contributed by atoms with Gasteiger partial charge in [0.25, 0.3) is 0 Å². The topological polar surface area (TPSA) is 64.0 Å². The second-order valence-corrected chi connectivity index (χ2v) is 11.0. The Morgan fingerprint density at radius 2 is 1.81 bits per heavy atom. The van der Waals surface area contributed by atoms with Crippen molar-refractivity contribution in [2.75, 3.05) is 32.7 Å². The van der Waals surface area contributed by atoms with Crippen LogP contribution in [0.15, 0.2) is 48.5 Å². The number of nitrogens with zero attached hydrogens (tertiary/aromatic N) is 2. The van der Waals surface area contributed by atoms with Gasteiger partial charge < -0.3 is 15.1 Å². The van der Waals surface area contributed by atoms with Crippen LogP contribution in [0.2, 0.25) is 0 Å². The molecule has 2 aromatic carbocycles. The average Bonchev–Trinajstić information content (AvgIpc) is 3.30. The van der Waals surface area contributed by atoms with Crippen molar-refractivity contribution < 1.29 is 23.8 Å². The lowest BCUT2D eigenvalue weighted by atomic mass is 9.84. The summed E-state index contributed by atoms with van der Waals surface area (Å²) in [4.78, 5) is 16.6. The van der Waals surface area contributed by atoms with Crippen LogP contribution in [0.1, 0.15) is 62.5 Å². The molecule has 1 unspecified atom stereocenters. The molecule has 0 bridgehead atoms. The number of carbonyl (C=O) groups is 1. The van der Waals surface area contributed by atoms with E-state index in [9.17, 15) is 23.8 Å². The Morgan fingerprint density at radius 1 is 1.08 bits per heavy atom. The Balaban J connectivity index is 1.33. The predicted octanol–water partition coefficient (Wildman–Crippen LogP) is 5.08. The molecule has 0 radical (unpaired) electrons. The number of carboxylic acids is 1. The molecule has 2 N–H and O–H groups in total. The Labute approximate surface area is 219 Å². The first-order valence-electron chi connectivity index (χ1n) is 13.7. The predicted molar refractivity (Wildman–Crippen MR) is 140 cm³/mol. The van der Waals surface area contributed by atoms with Crippen molar-refractivity contribution in [3.05, 3.63) is 71.3 Å². The monoisotopic (exact) mass is 514 g/mol. The van der Waals surface area contributed by atoms with Crippen LogP contribution < -0.4 is 0 Å². The van der Waals surface area contributed by atoms with Gasteiger partial charge in [0, 0.05) is 38.6 Å². The van der Waals surface area contributed by atoms with Crippen LogP contribution in [0.4, 0.5) is 8.78 Å². The molecule has 2 heterocycles. The van der Waals surface area contributed by atoms with E-state index in [4.69, 9.17) is 0 Å². The van der Waals surface area contributed by atoms with E-state index in [1.807, 2.05) is 13.0 Å². The summed E-state index contributed by atoms with van der Waals surface area (Å²) in [6.07, 6.45) is 4.85. The van der Waals surface area contributed by atoms with Gasteiger partial charge >= 0.3 is 5.97 Å². The van der Waals surface area contributed by atoms with Crippen LogP contribution in [0.3, 0.4) is 0 Å². The van der Waals surface area contributed by atoms with Crippen molar-refractivity contribution in [1.82, 2.24) is 9.80 Å². The highest BCUT2D eigenvalue weighted by molar-refractivity contribution is 5.73. The van der Waals surface area contributed by atoms with E-state index in [2.05, 4.69) is 34.1 Å². The third-order valence-electron chi connectivity index (χ3n) is 8.36. The zero-order valence-electron chi connectivity index (χ0n) is 21.8. The first kappa shape index (κ1) is 27.7. The first-order valence-corrected chi connectivity index (χ1v) is 13.7. The zero-order chi connectivity index (χ0) is 26.4. The minimum atomic E-state index is -0.835. The minimum absolute atomic E-state index is 0.289. The molecule has 3 atom stereocenters. The molecule has 7 heteroatoms. The normalized spacial score (nSPS) is 23.2. The van der Waals surface area contributed by atoms with Crippen LogP contribution in [-0.2, 0) is 11.2 Å². The molecule has 2 fully saturated rings. The fourth-order valence-electron chi connectivity index (χ4n) is 6.21. The van der Waals surface area contributed by atoms with Crippen molar-refractivity contribution >= 4 is 5.97 Å². The van der Waals surface area contributed by atoms with Crippen molar-refractivity contribution in [1.29, 1.82) is 0 Å². The van der Waals surface area contributed by atoms with Crippen molar-refractivity contribution in [2.45, 2.75) is 69.4 Å². The molecule has 0 saturated carbocycles.